The van der Waals surface area contributed by atoms with Crippen LogP contribution in [0.25, 0.3) is 10.2 Å². The summed E-state index contributed by atoms with van der Waals surface area (Å²) in [6, 6.07) is 5.23. The molecule has 1 aromatic carbocycles. The number of anilines is 1. The molecule has 0 fully saturated rings. The summed E-state index contributed by atoms with van der Waals surface area (Å²) in [4.78, 5) is 57.8. The van der Waals surface area contributed by atoms with Gasteiger partial charge in [0.05, 0.1) is 23.6 Å². The molecule has 3 heterocycles. The number of hydrogen-bond acceptors (Lipinski definition) is 8. The van der Waals surface area contributed by atoms with Crippen molar-refractivity contribution in [3.8, 4) is 5.75 Å². The van der Waals surface area contributed by atoms with Crippen LogP contribution in [-0.4, -0.2) is 41.0 Å². The second-order valence-electron chi connectivity index (χ2n) is 8.14. The Labute approximate surface area is 202 Å². The fourth-order valence-electron chi connectivity index (χ4n) is 4.26. The Hall–Kier alpha value is -3.73. The molecule has 3 aromatic rings. The molecule has 0 radical (unpaired) electrons. The van der Waals surface area contributed by atoms with E-state index in [2.05, 4.69) is 20.6 Å². The van der Waals surface area contributed by atoms with E-state index in [0.29, 0.717) is 47.5 Å². The lowest BCUT2D eigenvalue weighted by molar-refractivity contribution is -0.148. The molecule has 0 spiro atoms. The molecule has 3 N–H and O–H groups in total. The van der Waals surface area contributed by atoms with E-state index >= 15 is 0 Å². The summed E-state index contributed by atoms with van der Waals surface area (Å²) < 4.78 is 10.5. The molecule has 1 aliphatic carbocycles. The molecule has 5 rings (SSSR count). The number of ether oxygens (including phenoxy) is 2. The Bertz CT molecular complexity index is 1390. The molecular weight excluding hydrogens is 460 g/mol. The molecule has 2 aromatic heterocycles. The second-order valence-corrected chi connectivity index (χ2v) is 9.22. The van der Waals surface area contributed by atoms with Gasteiger partial charge < -0.3 is 25.1 Å². The van der Waals surface area contributed by atoms with Crippen LogP contribution < -0.4 is 20.9 Å². The molecule has 2 amide bonds. The summed E-state index contributed by atoms with van der Waals surface area (Å²) in [7, 11) is 0. The molecule has 10 nitrogen and oxygen atoms in total. The number of aryl methyl sites for hydroxylation is 1. The molecule has 11 heteroatoms. The first-order chi connectivity index (χ1) is 16.4. The monoisotopic (exact) mass is 488 g/mol. The zero-order chi connectivity index (χ0) is 23.8. The standard InChI is InChI=1S/C23H22N4O6S.3H2/c1-2-32-23(31)12-4-6-16-13(8-12)18-20(29)26-19(27-22(18)34-16)21(30)24-9-11-3-5-15-14(7-11)25-17(28)10-33-15;;;/h3,5,7,12H,2,4,6,8-10H2,1H3,(H,24,30)(H,25,28)(H,26,27,29);3*1H. The minimum atomic E-state index is -0.521. The van der Waals surface area contributed by atoms with Crippen molar-refractivity contribution in [2.45, 2.75) is 32.7 Å². The lowest BCUT2D eigenvalue weighted by Gasteiger charge is -2.20. The molecule has 0 saturated heterocycles. The largest absolute Gasteiger partial charge is 0.482 e. The number of H-pyrrole nitrogens is 1. The Morgan fingerprint density at radius 1 is 1.35 bits per heavy atom. The Morgan fingerprint density at radius 2 is 2.21 bits per heavy atom. The van der Waals surface area contributed by atoms with E-state index in [1.165, 1.54) is 11.3 Å². The van der Waals surface area contributed by atoms with Gasteiger partial charge in [-0.05, 0) is 49.4 Å². The van der Waals surface area contributed by atoms with Gasteiger partial charge >= 0.3 is 5.97 Å². The van der Waals surface area contributed by atoms with Crippen LogP contribution in [0.15, 0.2) is 23.0 Å². The van der Waals surface area contributed by atoms with E-state index in [1.54, 1.807) is 25.1 Å². The number of nitrogens with zero attached hydrogens (tertiary/aromatic N) is 1. The number of carbonyl (C=O) groups excluding carboxylic acids is 3. The van der Waals surface area contributed by atoms with Gasteiger partial charge in [-0.1, -0.05) is 6.07 Å². The molecular formula is C23H28N4O6S. The van der Waals surface area contributed by atoms with Crippen LogP contribution in [0.5, 0.6) is 5.75 Å². The van der Waals surface area contributed by atoms with Crippen LogP contribution in [0.1, 0.15) is 44.2 Å². The van der Waals surface area contributed by atoms with Gasteiger partial charge in [0.25, 0.3) is 17.4 Å². The summed E-state index contributed by atoms with van der Waals surface area (Å²) >= 11 is 1.39. The second kappa shape index (κ2) is 8.90. The van der Waals surface area contributed by atoms with E-state index in [4.69, 9.17) is 9.47 Å². The van der Waals surface area contributed by atoms with Crippen molar-refractivity contribution in [3.63, 3.8) is 0 Å². The number of aromatic nitrogens is 2. The van der Waals surface area contributed by atoms with Gasteiger partial charge in [0.1, 0.15) is 10.6 Å². The average Bonchev–Trinajstić information content (AvgIpc) is 3.20. The van der Waals surface area contributed by atoms with E-state index in [-0.39, 0.29) is 41.1 Å². The fraction of sp³-hybridized carbons (Fsp3) is 0.348. The first-order valence-electron chi connectivity index (χ1n) is 11.0. The van der Waals surface area contributed by atoms with E-state index in [9.17, 15) is 19.2 Å². The van der Waals surface area contributed by atoms with Crippen LogP contribution >= 0.6 is 11.3 Å². The van der Waals surface area contributed by atoms with Crippen LogP contribution in [-0.2, 0) is 33.7 Å². The zero-order valence-electron chi connectivity index (χ0n) is 18.4. The molecule has 2 aliphatic rings. The Balaban J connectivity index is 0.00000160. The van der Waals surface area contributed by atoms with Gasteiger partial charge in [-0.15, -0.1) is 11.3 Å². The van der Waals surface area contributed by atoms with Gasteiger partial charge in [-0.2, -0.15) is 0 Å². The summed E-state index contributed by atoms with van der Waals surface area (Å²) in [6.07, 6.45) is 1.76. The van der Waals surface area contributed by atoms with Gasteiger partial charge in [0.2, 0.25) is 5.82 Å². The smallest absolute Gasteiger partial charge is 0.309 e. The number of amides is 2. The van der Waals surface area contributed by atoms with Crippen LogP contribution in [0.4, 0.5) is 5.69 Å². The molecule has 34 heavy (non-hydrogen) atoms. The Morgan fingerprint density at radius 3 is 3.03 bits per heavy atom. The van der Waals surface area contributed by atoms with Crippen molar-refractivity contribution < 1.29 is 28.1 Å². The highest BCUT2D eigenvalue weighted by atomic mass is 32.1. The SMILES string of the molecule is CCOC(=O)C1CCc2sc3nc(C(=O)NCc4ccc5c(c4)NC(=O)CO5)[nH]c(=O)c3c2C1.[HH].[HH].[HH]. The molecule has 1 atom stereocenters. The maximum Gasteiger partial charge on any atom is 0.309 e. The van der Waals surface area contributed by atoms with Crippen molar-refractivity contribution >= 4 is 45.0 Å². The van der Waals surface area contributed by atoms with Gasteiger partial charge in [0, 0.05) is 15.7 Å². The topological polar surface area (TPSA) is 139 Å². The lowest BCUT2D eigenvalue weighted by atomic mass is 9.87. The van der Waals surface area contributed by atoms with Crippen molar-refractivity contribution in [2.75, 3.05) is 18.5 Å². The summed E-state index contributed by atoms with van der Waals surface area (Å²) in [5, 5.41) is 5.91. The summed E-state index contributed by atoms with van der Waals surface area (Å²) in [5.74, 6) is -0.796. The molecule has 0 saturated carbocycles. The summed E-state index contributed by atoms with van der Waals surface area (Å²) in [6.45, 7) is 2.23. The van der Waals surface area contributed by atoms with Crippen molar-refractivity contribution in [1.82, 2.24) is 15.3 Å². The number of fused-ring (bicyclic) bond motifs is 4. The van der Waals surface area contributed by atoms with E-state index in [0.717, 1.165) is 16.0 Å². The quantitative estimate of drug-likeness (QED) is 0.469. The average molecular weight is 489 g/mol. The number of nitrogens with one attached hydrogen (secondary N) is 3. The number of esters is 1. The third-order valence-corrected chi connectivity index (χ3v) is 7.07. The third kappa shape index (κ3) is 4.14. The van der Waals surface area contributed by atoms with E-state index in [1.807, 2.05) is 0 Å². The highest BCUT2D eigenvalue weighted by Gasteiger charge is 2.30. The summed E-state index contributed by atoms with van der Waals surface area (Å²) in [5.41, 5.74) is 1.72. The predicted molar refractivity (Wildman–Crippen MR) is 130 cm³/mol. The third-order valence-electron chi connectivity index (χ3n) is 5.88. The highest BCUT2D eigenvalue weighted by molar-refractivity contribution is 7.18. The van der Waals surface area contributed by atoms with Crippen LogP contribution in [0, 0.1) is 5.92 Å². The fourth-order valence-corrected chi connectivity index (χ4v) is 5.47. The van der Waals surface area contributed by atoms with Crippen molar-refractivity contribution in [1.29, 1.82) is 0 Å². The van der Waals surface area contributed by atoms with Crippen molar-refractivity contribution in [2.24, 2.45) is 5.92 Å². The first-order valence-corrected chi connectivity index (χ1v) is 11.8. The minimum absolute atomic E-state index is 0. The Kier molecular flexibility index (Phi) is 5.78. The molecule has 182 valence electrons. The van der Waals surface area contributed by atoms with E-state index < -0.39 is 11.5 Å². The number of aromatic amines is 1. The van der Waals surface area contributed by atoms with Gasteiger partial charge in [-0.3, -0.25) is 19.2 Å². The number of thiophene rings is 1. The maximum atomic E-state index is 12.9. The lowest BCUT2D eigenvalue weighted by Crippen LogP contribution is -2.28. The van der Waals surface area contributed by atoms with Crippen LogP contribution in [0.3, 0.4) is 0 Å². The number of benzene rings is 1. The molecule has 1 unspecified atom stereocenters. The molecule has 1 aliphatic heterocycles. The van der Waals surface area contributed by atoms with Gasteiger partial charge in [-0.25, -0.2) is 4.98 Å². The minimum Gasteiger partial charge on any atom is -0.482 e. The van der Waals surface area contributed by atoms with Crippen molar-refractivity contribution in [3.05, 3.63) is 50.4 Å². The number of hydrogen-bond donors (Lipinski definition) is 3. The highest BCUT2D eigenvalue weighted by Crippen LogP contribution is 2.36. The van der Waals surface area contributed by atoms with Crippen LogP contribution in [0.2, 0.25) is 0 Å². The normalized spacial score (nSPS) is 16.7. The van der Waals surface area contributed by atoms with Gasteiger partial charge in [0.15, 0.2) is 6.61 Å². The first kappa shape index (κ1) is 22.1. The number of rotatable bonds is 5. The zero-order valence-corrected chi connectivity index (χ0v) is 19.2. The maximum absolute atomic E-state index is 12.9. The molecule has 0 bridgehead atoms. The predicted octanol–water partition coefficient (Wildman–Crippen LogP) is 2.65. The number of carbonyl (C=O) groups is 3.